The number of hydrogen-bond donors (Lipinski definition) is 3. The van der Waals surface area contributed by atoms with Crippen LogP contribution in [-0.4, -0.2) is 30.9 Å². The lowest BCUT2D eigenvalue weighted by atomic mass is 10.0. The Bertz CT molecular complexity index is 1090. The van der Waals surface area contributed by atoms with Gasteiger partial charge in [0.25, 0.3) is 0 Å². The molecule has 1 aromatic heterocycles. The van der Waals surface area contributed by atoms with Gasteiger partial charge in [0.15, 0.2) is 9.84 Å². The normalized spacial score (nSPS) is 15.1. The van der Waals surface area contributed by atoms with Crippen LogP contribution in [0.4, 0.5) is 17.1 Å². The molecule has 2 heterocycles. The van der Waals surface area contributed by atoms with E-state index in [-0.39, 0.29) is 12.4 Å². The van der Waals surface area contributed by atoms with E-state index >= 15 is 0 Å². The molecule has 0 fully saturated rings. The summed E-state index contributed by atoms with van der Waals surface area (Å²) in [7, 11) is -3.23. The van der Waals surface area contributed by atoms with Crippen LogP contribution in [0.25, 0.3) is 10.9 Å². The standard InChI is InChI=1S/C19H19N3O3S/c20-15-11-21-16-5-6-17-14(8-10-26(17,24)25)18(16)19(15)22-13-3-1-12(2-4-13)7-9-23/h1-6,11,23H,7-10,20H2,(H,21,22). The van der Waals surface area contributed by atoms with Gasteiger partial charge in [-0.25, -0.2) is 8.42 Å². The molecule has 0 radical (unpaired) electrons. The summed E-state index contributed by atoms with van der Waals surface area (Å²) in [5, 5.41) is 13.1. The summed E-state index contributed by atoms with van der Waals surface area (Å²) in [4.78, 5) is 4.73. The number of nitrogens with zero attached hydrogens (tertiary/aromatic N) is 1. The predicted molar refractivity (Wildman–Crippen MR) is 102 cm³/mol. The maximum absolute atomic E-state index is 12.3. The van der Waals surface area contributed by atoms with Crippen LogP contribution in [0, 0.1) is 0 Å². The van der Waals surface area contributed by atoms with E-state index in [0.717, 1.165) is 27.7 Å². The zero-order chi connectivity index (χ0) is 18.3. The first kappa shape index (κ1) is 16.8. The van der Waals surface area contributed by atoms with Gasteiger partial charge in [-0.15, -0.1) is 0 Å². The van der Waals surface area contributed by atoms with E-state index in [1.54, 1.807) is 18.3 Å². The molecule has 2 aromatic carbocycles. The van der Waals surface area contributed by atoms with E-state index in [1.165, 1.54) is 0 Å². The molecule has 0 atom stereocenters. The third-order valence-corrected chi connectivity index (χ3v) is 6.50. The van der Waals surface area contributed by atoms with E-state index in [2.05, 4.69) is 10.3 Å². The van der Waals surface area contributed by atoms with E-state index in [9.17, 15) is 8.42 Å². The van der Waals surface area contributed by atoms with Gasteiger partial charge in [-0.2, -0.15) is 0 Å². The molecule has 26 heavy (non-hydrogen) atoms. The number of aromatic nitrogens is 1. The van der Waals surface area contributed by atoms with Gasteiger partial charge in [-0.3, -0.25) is 4.98 Å². The van der Waals surface area contributed by atoms with Crippen molar-refractivity contribution in [2.45, 2.75) is 17.7 Å². The fourth-order valence-corrected chi connectivity index (χ4v) is 4.95. The molecule has 0 unspecified atom stereocenters. The second-order valence-corrected chi connectivity index (χ2v) is 8.47. The highest BCUT2D eigenvalue weighted by atomic mass is 32.2. The molecule has 0 aliphatic carbocycles. The predicted octanol–water partition coefficient (Wildman–Crippen LogP) is 2.43. The zero-order valence-corrected chi connectivity index (χ0v) is 14.9. The number of nitrogens with one attached hydrogen (secondary N) is 1. The van der Waals surface area contributed by atoms with Gasteiger partial charge in [0.05, 0.1) is 33.7 Å². The Morgan fingerprint density at radius 3 is 2.65 bits per heavy atom. The SMILES string of the molecule is Nc1cnc2ccc3c(c2c1Nc1ccc(CCO)cc1)CCS3(=O)=O. The van der Waals surface area contributed by atoms with Crippen LogP contribution in [0.1, 0.15) is 11.1 Å². The number of hydrogen-bond acceptors (Lipinski definition) is 6. The number of pyridine rings is 1. The number of aryl methyl sites for hydroxylation is 1. The van der Waals surface area contributed by atoms with Crippen molar-refractivity contribution in [1.82, 2.24) is 4.98 Å². The summed E-state index contributed by atoms with van der Waals surface area (Å²) in [6.45, 7) is 0.106. The monoisotopic (exact) mass is 369 g/mol. The minimum absolute atomic E-state index is 0.106. The molecule has 0 saturated heterocycles. The lowest BCUT2D eigenvalue weighted by Crippen LogP contribution is -2.02. The summed E-state index contributed by atoms with van der Waals surface area (Å²) in [5.74, 6) is 0.117. The van der Waals surface area contributed by atoms with Gasteiger partial charge in [-0.1, -0.05) is 12.1 Å². The maximum Gasteiger partial charge on any atom is 0.179 e. The first-order chi connectivity index (χ1) is 12.5. The summed E-state index contributed by atoms with van der Waals surface area (Å²) < 4.78 is 24.5. The molecule has 1 aliphatic heterocycles. The highest BCUT2D eigenvalue weighted by Gasteiger charge is 2.29. The van der Waals surface area contributed by atoms with Crippen molar-refractivity contribution in [2.24, 2.45) is 0 Å². The quantitative estimate of drug-likeness (QED) is 0.652. The van der Waals surface area contributed by atoms with Crippen LogP contribution in [0.5, 0.6) is 0 Å². The van der Waals surface area contributed by atoms with Gasteiger partial charge >= 0.3 is 0 Å². The summed E-state index contributed by atoms with van der Waals surface area (Å²) in [6.07, 6.45) is 2.65. The van der Waals surface area contributed by atoms with Gasteiger partial charge < -0.3 is 16.2 Å². The second-order valence-electron chi connectivity index (χ2n) is 6.39. The van der Waals surface area contributed by atoms with Crippen LogP contribution in [0.3, 0.4) is 0 Å². The van der Waals surface area contributed by atoms with Crippen molar-refractivity contribution in [3.8, 4) is 0 Å². The number of nitrogen functional groups attached to an aromatic ring is 1. The zero-order valence-electron chi connectivity index (χ0n) is 14.1. The Labute approximate surface area is 151 Å². The van der Waals surface area contributed by atoms with E-state index in [1.807, 2.05) is 24.3 Å². The number of anilines is 3. The van der Waals surface area contributed by atoms with Gasteiger partial charge in [0.2, 0.25) is 0 Å². The highest BCUT2D eigenvalue weighted by molar-refractivity contribution is 7.91. The minimum atomic E-state index is -3.23. The maximum atomic E-state index is 12.3. The molecule has 3 aromatic rings. The number of nitrogens with two attached hydrogens (primary N) is 1. The molecule has 134 valence electrons. The first-order valence-corrected chi connectivity index (χ1v) is 10.0. The van der Waals surface area contributed by atoms with Crippen molar-refractivity contribution in [3.63, 3.8) is 0 Å². The molecular formula is C19H19N3O3S. The van der Waals surface area contributed by atoms with E-state index in [4.69, 9.17) is 10.8 Å². The molecule has 0 bridgehead atoms. The molecule has 4 N–H and O–H groups in total. The molecule has 0 saturated carbocycles. The molecule has 0 amide bonds. The van der Waals surface area contributed by atoms with E-state index < -0.39 is 9.84 Å². The van der Waals surface area contributed by atoms with Crippen LogP contribution in [0.15, 0.2) is 47.5 Å². The smallest absolute Gasteiger partial charge is 0.179 e. The number of sulfone groups is 1. The van der Waals surface area contributed by atoms with Crippen LogP contribution in [-0.2, 0) is 22.7 Å². The first-order valence-electron chi connectivity index (χ1n) is 8.39. The van der Waals surface area contributed by atoms with Crippen molar-refractivity contribution in [2.75, 3.05) is 23.4 Å². The van der Waals surface area contributed by atoms with Crippen LogP contribution in [0.2, 0.25) is 0 Å². The molecule has 0 spiro atoms. The lowest BCUT2D eigenvalue weighted by Gasteiger charge is -2.15. The van der Waals surface area contributed by atoms with Crippen molar-refractivity contribution < 1.29 is 13.5 Å². The molecule has 7 heteroatoms. The fraction of sp³-hybridized carbons (Fsp3) is 0.211. The highest BCUT2D eigenvalue weighted by Crippen LogP contribution is 2.39. The Morgan fingerprint density at radius 2 is 1.92 bits per heavy atom. The molecule has 4 rings (SSSR count). The summed E-state index contributed by atoms with van der Waals surface area (Å²) in [6, 6.07) is 11.1. The summed E-state index contributed by atoms with van der Waals surface area (Å²) in [5.41, 5.74) is 10.7. The largest absolute Gasteiger partial charge is 0.396 e. The number of benzene rings is 2. The minimum Gasteiger partial charge on any atom is -0.396 e. The van der Waals surface area contributed by atoms with Crippen molar-refractivity contribution in [3.05, 3.63) is 53.7 Å². The van der Waals surface area contributed by atoms with Gasteiger partial charge in [0, 0.05) is 17.7 Å². The Kier molecular flexibility index (Phi) is 4.05. The number of aliphatic hydroxyl groups excluding tert-OH is 1. The van der Waals surface area contributed by atoms with E-state index in [0.29, 0.717) is 29.1 Å². The summed E-state index contributed by atoms with van der Waals surface area (Å²) >= 11 is 0. The number of rotatable bonds is 4. The second kappa shape index (κ2) is 6.26. The van der Waals surface area contributed by atoms with Crippen LogP contribution < -0.4 is 11.1 Å². The topological polar surface area (TPSA) is 105 Å². The third-order valence-electron chi connectivity index (χ3n) is 4.71. The lowest BCUT2D eigenvalue weighted by molar-refractivity contribution is 0.299. The Morgan fingerprint density at radius 1 is 1.15 bits per heavy atom. The van der Waals surface area contributed by atoms with Gasteiger partial charge in [0.1, 0.15) is 0 Å². The molecular weight excluding hydrogens is 350 g/mol. The molecule has 1 aliphatic rings. The number of fused-ring (bicyclic) bond motifs is 3. The Balaban J connectivity index is 1.84. The van der Waals surface area contributed by atoms with Gasteiger partial charge in [-0.05, 0) is 48.2 Å². The average Bonchev–Trinajstić information content (AvgIpc) is 2.94. The molecule has 6 nitrogen and oxygen atoms in total. The fourth-order valence-electron chi connectivity index (χ4n) is 3.40. The van der Waals surface area contributed by atoms with Crippen molar-refractivity contribution in [1.29, 1.82) is 0 Å². The average molecular weight is 369 g/mol. The Hall–Kier alpha value is -2.64. The number of aliphatic hydroxyl groups is 1. The van der Waals surface area contributed by atoms with Crippen LogP contribution >= 0.6 is 0 Å². The third kappa shape index (κ3) is 2.79. The van der Waals surface area contributed by atoms with Crippen molar-refractivity contribution >= 4 is 37.8 Å².